The van der Waals surface area contributed by atoms with Crippen LogP contribution in [0.4, 0.5) is 11.8 Å². The molecular formula is C17H21N7O. The number of nitrogens with one attached hydrogen (secondary N) is 1. The summed E-state index contributed by atoms with van der Waals surface area (Å²) < 4.78 is 0. The summed E-state index contributed by atoms with van der Waals surface area (Å²) in [5.41, 5.74) is 2.37. The topological polar surface area (TPSA) is 87.1 Å². The van der Waals surface area contributed by atoms with Crippen molar-refractivity contribution in [1.29, 1.82) is 0 Å². The Morgan fingerprint density at radius 2 is 2.00 bits per heavy atom. The molecule has 25 heavy (non-hydrogen) atoms. The Bertz CT molecular complexity index is 774. The van der Waals surface area contributed by atoms with Crippen LogP contribution in [0.5, 0.6) is 0 Å². The minimum atomic E-state index is 0.00801. The predicted octanol–water partition coefficient (Wildman–Crippen LogP) is 1.11. The van der Waals surface area contributed by atoms with E-state index >= 15 is 0 Å². The average molecular weight is 339 g/mol. The van der Waals surface area contributed by atoms with Crippen LogP contribution >= 0.6 is 0 Å². The lowest BCUT2D eigenvalue weighted by atomic mass is 10.0. The fourth-order valence-corrected chi connectivity index (χ4v) is 3.42. The maximum absolute atomic E-state index is 13.0. The summed E-state index contributed by atoms with van der Waals surface area (Å²) in [6.45, 7) is 2.98. The number of hydrogen-bond donors (Lipinski definition) is 1. The van der Waals surface area contributed by atoms with Gasteiger partial charge in [-0.1, -0.05) is 0 Å². The number of nitrogens with zero attached hydrogens (tertiary/aromatic N) is 6. The Kier molecular flexibility index (Phi) is 4.17. The van der Waals surface area contributed by atoms with Crippen molar-refractivity contribution in [1.82, 2.24) is 24.8 Å². The van der Waals surface area contributed by atoms with E-state index in [0.29, 0.717) is 18.2 Å². The van der Waals surface area contributed by atoms with E-state index in [1.165, 1.54) is 0 Å². The molecule has 1 amide bonds. The molecule has 2 aromatic heterocycles. The monoisotopic (exact) mass is 339 g/mol. The van der Waals surface area contributed by atoms with Crippen molar-refractivity contribution in [3.05, 3.63) is 35.5 Å². The van der Waals surface area contributed by atoms with Crippen LogP contribution in [-0.4, -0.2) is 57.4 Å². The maximum atomic E-state index is 13.0. The highest BCUT2D eigenvalue weighted by atomic mass is 16.2. The number of carbonyl (C=O) groups excluding carboxylic acids is 1. The van der Waals surface area contributed by atoms with Crippen molar-refractivity contribution >= 4 is 17.7 Å². The fourth-order valence-electron chi connectivity index (χ4n) is 3.42. The number of fused-ring (bicyclic) bond motifs is 1. The standard InChI is InChI=1S/C17H21N7O/c1-18-17-21-13-4-9-24(14-10-19-5-6-20-14)11-12(13)15(22-17)16(25)23-7-2-3-8-23/h5-6,10H,2-4,7-9,11H2,1H3,(H,18,21,22). The van der Waals surface area contributed by atoms with Crippen LogP contribution < -0.4 is 10.2 Å². The molecule has 0 bridgehead atoms. The van der Waals surface area contributed by atoms with Crippen molar-refractivity contribution in [2.45, 2.75) is 25.8 Å². The van der Waals surface area contributed by atoms with Gasteiger partial charge in [0.05, 0.1) is 11.9 Å². The van der Waals surface area contributed by atoms with E-state index in [1.54, 1.807) is 25.6 Å². The minimum Gasteiger partial charge on any atom is -0.357 e. The lowest BCUT2D eigenvalue weighted by Gasteiger charge is -2.30. The molecule has 0 unspecified atom stereocenters. The molecular weight excluding hydrogens is 318 g/mol. The summed E-state index contributed by atoms with van der Waals surface area (Å²) in [7, 11) is 1.78. The largest absolute Gasteiger partial charge is 0.357 e. The first-order valence-electron chi connectivity index (χ1n) is 8.64. The van der Waals surface area contributed by atoms with E-state index in [9.17, 15) is 4.79 Å². The van der Waals surface area contributed by atoms with E-state index in [4.69, 9.17) is 0 Å². The summed E-state index contributed by atoms with van der Waals surface area (Å²) in [4.78, 5) is 34.6. The maximum Gasteiger partial charge on any atom is 0.273 e. The molecule has 4 heterocycles. The molecule has 4 rings (SSSR count). The third-order valence-corrected chi connectivity index (χ3v) is 4.75. The molecule has 2 aliphatic heterocycles. The van der Waals surface area contributed by atoms with Crippen LogP contribution in [0, 0.1) is 0 Å². The van der Waals surface area contributed by atoms with Gasteiger partial charge >= 0.3 is 0 Å². The van der Waals surface area contributed by atoms with Crippen molar-refractivity contribution in [3.63, 3.8) is 0 Å². The fraction of sp³-hybridized carbons (Fsp3) is 0.471. The molecule has 1 N–H and O–H groups in total. The minimum absolute atomic E-state index is 0.00801. The molecule has 8 heteroatoms. The van der Waals surface area contributed by atoms with Gasteiger partial charge in [0.1, 0.15) is 11.5 Å². The highest BCUT2D eigenvalue weighted by molar-refractivity contribution is 5.94. The number of aromatic nitrogens is 4. The van der Waals surface area contributed by atoms with Crippen LogP contribution in [0.1, 0.15) is 34.6 Å². The smallest absolute Gasteiger partial charge is 0.273 e. The van der Waals surface area contributed by atoms with E-state index < -0.39 is 0 Å². The summed E-state index contributed by atoms with van der Waals surface area (Å²) in [5.74, 6) is 1.33. The zero-order valence-electron chi connectivity index (χ0n) is 14.3. The van der Waals surface area contributed by atoms with Gasteiger partial charge in [-0.2, -0.15) is 0 Å². The molecule has 0 aliphatic carbocycles. The second-order valence-corrected chi connectivity index (χ2v) is 6.31. The van der Waals surface area contributed by atoms with E-state index in [-0.39, 0.29) is 5.91 Å². The van der Waals surface area contributed by atoms with Gasteiger partial charge in [0.25, 0.3) is 5.91 Å². The molecule has 2 aliphatic rings. The van der Waals surface area contributed by atoms with Crippen molar-refractivity contribution in [3.8, 4) is 0 Å². The van der Waals surface area contributed by atoms with Crippen molar-refractivity contribution in [2.24, 2.45) is 0 Å². The van der Waals surface area contributed by atoms with E-state index in [1.807, 2.05) is 4.90 Å². The Hall–Kier alpha value is -2.77. The van der Waals surface area contributed by atoms with Gasteiger partial charge in [-0.3, -0.25) is 9.78 Å². The third kappa shape index (κ3) is 2.99. The molecule has 130 valence electrons. The third-order valence-electron chi connectivity index (χ3n) is 4.75. The second kappa shape index (κ2) is 6.62. The van der Waals surface area contributed by atoms with Gasteiger partial charge in [-0.15, -0.1) is 0 Å². The first-order valence-corrected chi connectivity index (χ1v) is 8.64. The van der Waals surface area contributed by atoms with Crippen LogP contribution in [0.25, 0.3) is 0 Å². The first-order chi connectivity index (χ1) is 12.3. The van der Waals surface area contributed by atoms with Gasteiger partial charge in [-0.25, -0.2) is 15.0 Å². The van der Waals surface area contributed by atoms with Crippen molar-refractivity contribution < 1.29 is 4.79 Å². The zero-order valence-corrected chi connectivity index (χ0v) is 14.3. The lowest BCUT2D eigenvalue weighted by molar-refractivity contribution is 0.0785. The molecule has 1 fully saturated rings. The quantitative estimate of drug-likeness (QED) is 0.896. The predicted molar refractivity (Wildman–Crippen MR) is 93.5 cm³/mol. The van der Waals surface area contributed by atoms with E-state index in [2.05, 4.69) is 30.2 Å². The van der Waals surface area contributed by atoms with E-state index in [0.717, 1.165) is 56.0 Å². The van der Waals surface area contributed by atoms with Crippen LogP contribution in [0.3, 0.4) is 0 Å². The number of carbonyl (C=O) groups is 1. The normalized spacial score (nSPS) is 16.7. The molecule has 2 aromatic rings. The number of hydrogen-bond acceptors (Lipinski definition) is 7. The number of likely N-dealkylation sites (tertiary alicyclic amines) is 1. The van der Waals surface area contributed by atoms with Gasteiger partial charge < -0.3 is 15.1 Å². The molecule has 0 atom stereocenters. The molecule has 1 saturated heterocycles. The lowest BCUT2D eigenvalue weighted by Crippen LogP contribution is -2.36. The molecule has 0 spiro atoms. The molecule has 8 nitrogen and oxygen atoms in total. The summed E-state index contributed by atoms with van der Waals surface area (Å²) >= 11 is 0. The Labute approximate surface area is 146 Å². The highest BCUT2D eigenvalue weighted by Gasteiger charge is 2.29. The van der Waals surface area contributed by atoms with Gasteiger partial charge in [0, 0.05) is 57.6 Å². The summed E-state index contributed by atoms with van der Waals surface area (Å²) in [6, 6.07) is 0. The van der Waals surface area contributed by atoms with Crippen LogP contribution in [0.2, 0.25) is 0 Å². The Morgan fingerprint density at radius 1 is 1.16 bits per heavy atom. The van der Waals surface area contributed by atoms with Gasteiger partial charge in [0.2, 0.25) is 5.95 Å². The SMILES string of the molecule is CNc1nc2c(c(C(=O)N3CCCC3)n1)CN(c1cnccn1)CC2. The average Bonchev–Trinajstić information content (AvgIpc) is 3.21. The van der Waals surface area contributed by atoms with Crippen LogP contribution in [0.15, 0.2) is 18.6 Å². The molecule has 0 radical (unpaired) electrons. The number of anilines is 2. The summed E-state index contributed by atoms with van der Waals surface area (Å²) in [5, 5.41) is 2.98. The zero-order chi connectivity index (χ0) is 17.2. The second-order valence-electron chi connectivity index (χ2n) is 6.31. The summed E-state index contributed by atoms with van der Waals surface area (Å²) in [6.07, 6.45) is 7.96. The van der Waals surface area contributed by atoms with Crippen molar-refractivity contribution in [2.75, 3.05) is 36.9 Å². The van der Waals surface area contributed by atoms with Gasteiger partial charge in [-0.05, 0) is 12.8 Å². The first kappa shape index (κ1) is 15.7. The highest BCUT2D eigenvalue weighted by Crippen LogP contribution is 2.26. The molecule has 0 aromatic carbocycles. The van der Waals surface area contributed by atoms with Gasteiger partial charge in [0.15, 0.2) is 0 Å². The number of rotatable bonds is 3. The van der Waals surface area contributed by atoms with Crippen LogP contribution in [-0.2, 0) is 13.0 Å². The Balaban J connectivity index is 1.71. The number of amides is 1. The Morgan fingerprint density at radius 3 is 2.72 bits per heavy atom. The molecule has 0 saturated carbocycles.